The average molecular weight is 407 g/mol. The largest absolute Gasteiger partial charge is 0.339 e. The van der Waals surface area contributed by atoms with E-state index in [1.807, 2.05) is 49.4 Å². The minimum Gasteiger partial charge on any atom is -0.339 e. The molecule has 3 aromatic rings. The number of amides is 2. The van der Waals surface area contributed by atoms with Crippen molar-refractivity contribution in [1.82, 2.24) is 20.1 Å². The fourth-order valence-corrected chi connectivity index (χ4v) is 3.74. The molecule has 1 aliphatic heterocycles. The number of hydrogen-bond acceptors (Lipinski definition) is 4. The van der Waals surface area contributed by atoms with Gasteiger partial charge >= 0.3 is 0 Å². The summed E-state index contributed by atoms with van der Waals surface area (Å²) in [4.78, 5) is 31.4. The number of aromatic nitrogens is 3. The fraction of sp³-hybridized carbons (Fsp3) is 0.273. The minimum atomic E-state index is -0.801. The highest BCUT2D eigenvalue weighted by Gasteiger charge is 2.34. The maximum atomic E-state index is 14.4. The molecule has 0 bridgehead atoms. The lowest BCUT2D eigenvalue weighted by Gasteiger charge is -2.21. The maximum absolute atomic E-state index is 14.4. The van der Waals surface area contributed by atoms with Crippen molar-refractivity contribution in [1.29, 1.82) is 0 Å². The van der Waals surface area contributed by atoms with Gasteiger partial charge in [0, 0.05) is 13.2 Å². The van der Waals surface area contributed by atoms with Gasteiger partial charge in [-0.2, -0.15) is 5.10 Å². The van der Waals surface area contributed by atoms with Crippen LogP contribution in [0.4, 0.5) is 10.2 Å². The first kappa shape index (κ1) is 19.8. The summed E-state index contributed by atoms with van der Waals surface area (Å²) in [5.74, 6) is -1.16. The lowest BCUT2D eigenvalue weighted by molar-refractivity contribution is -0.120. The van der Waals surface area contributed by atoms with Crippen molar-refractivity contribution < 1.29 is 14.0 Å². The SMILES string of the molecule is CC1C[C@H](NC(=O)c2nn(Cc3ccccc3)cc2F)C(=O)N(C)c2ncccc21. The Labute approximate surface area is 173 Å². The Bertz CT molecular complexity index is 1080. The molecular weight excluding hydrogens is 385 g/mol. The van der Waals surface area contributed by atoms with Crippen molar-refractivity contribution in [2.45, 2.75) is 31.8 Å². The molecule has 1 aromatic carbocycles. The first-order valence-electron chi connectivity index (χ1n) is 9.74. The van der Waals surface area contributed by atoms with Gasteiger partial charge in [0.05, 0.1) is 12.7 Å². The molecule has 1 aliphatic rings. The summed E-state index contributed by atoms with van der Waals surface area (Å²) in [6.45, 7) is 2.31. The molecule has 30 heavy (non-hydrogen) atoms. The zero-order valence-electron chi connectivity index (χ0n) is 16.7. The number of carbonyl (C=O) groups excluding carboxylic acids is 2. The molecule has 0 saturated heterocycles. The second-order valence-electron chi connectivity index (χ2n) is 7.49. The van der Waals surface area contributed by atoms with Crippen LogP contribution in [0.2, 0.25) is 0 Å². The molecule has 1 N–H and O–H groups in total. The van der Waals surface area contributed by atoms with Crippen LogP contribution in [0.15, 0.2) is 54.9 Å². The Morgan fingerprint density at radius 2 is 2.00 bits per heavy atom. The molecule has 0 fully saturated rings. The van der Waals surface area contributed by atoms with E-state index in [2.05, 4.69) is 15.4 Å². The van der Waals surface area contributed by atoms with Gasteiger partial charge < -0.3 is 5.32 Å². The van der Waals surface area contributed by atoms with Gasteiger partial charge in [0.15, 0.2) is 11.5 Å². The summed E-state index contributed by atoms with van der Waals surface area (Å²) in [6, 6.07) is 12.4. The van der Waals surface area contributed by atoms with Crippen molar-refractivity contribution in [3.05, 3.63) is 77.5 Å². The van der Waals surface area contributed by atoms with Crippen LogP contribution in [0.25, 0.3) is 0 Å². The van der Waals surface area contributed by atoms with Crippen molar-refractivity contribution in [2.24, 2.45) is 0 Å². The molecule has 7 nitrogen and oxygen atoms in total. The van der Waals surface area contributed by atoms with Gasteiger partial charge in [0.25, 0.3) is 5.91 Å². The molecule has 0 radical (unpaired) electrons. The van der Waals surface area contributed by atoms with E-state index in [1.165, 1.54) is 15.8 Å². The van der Waals surface area contributed by atoms with Crippen LogP contribution in [-0.2, 0) is 11.3 Å². The molecule has 0 saturated carbocycles. The Morgan fingerprint density at radius 1 is 1.23 bits per heavy atom. The van der Waals surface area contributed by atoms with Gasteiger partial charge in [-0.3, -0.25) is 19.2 Å². The van der Waals surface area contributed by atoms with Gasteiger partial charge in [-0.25, -0.2) is 9.37 Å². The summed E-state index contributed by atoms with van der Waals surface area (Å²) < 4.78 is 15.8. The number of nitrogens with one attached hydrogen (secondary N) is 1. The highest BCUT2D eigenvalue weighted by Crippen LogP contribution is 2.32. The Balaban J connectivity index is 1.52. The van der Waals surface area contributed by atoms with Gasteiger partial charge in [-0.05, 0) is 29.5 Å². The summed E-state index contributed by atoms with van der Waals surface area (Å²) in [5.41, 5.74) is 1.55. The lowest BCUT2D eigenvalue weighted by atomic mass is 9.95. The molecule has 2 atom stereocenters. The number of benzene rings is 1. The second kappa shape index (κ2) is 8.06. The molecule has 8 heteroatoms. The molecule has 0 aliphatic carbocycles. The molecular formula is C22H22FN5O2. The molecule has 1 unspecified atom stereocenters. The summed E-state index contributed by atoms with van der Waals surface area (Å²) in [7, 11) is 1.63. The highest BCUT2D eigenvalue weighted by atomic mass is 19.1. The van der Waals surface area contributed by atoms with Crippen LogP contribution < -0.4 is 10.2 Å². The Morgan fingerprint density at radius 3 is 2.77 bits per heavy atom. The van der Waals surface area contributed by atoms with Crippen LogP contribution in [0, 0.1) is 5.82 Å². The van der Waals surface area contributed by atoms with E-state index in [0.717, 1.165) is 11.1 Å². The van der Waals surface area contributed by atoms with E-state index in [1.54, 1.807) is 13.2 Å². The highest BCUT2D eigenvalue weighted by molar-refractivity contribution is 6.02. The summed E-state index contributed by atoms with van der Waals surface area (Å²) in [6.07, 6.45) is 3.20. The van der Waals surface area contributed by atoms with Gasteiger partial charge in [-0.1, -0.05) is 43.3 Å². The van der Waals surface area contributed by atoms with Gasteiger partial charge in [0.1, 0.15) is 11.9 Å². The topological polar surface area (TPSA) is 80.1 Å². The number of fused-ring (bicyclic) bond motifs is 1. The number of carbonyl (C=O) groups is 2. The molecule has 4 rings (SSSR count). The zero-order chi connectivity index (χ0) is 21.3. The van der Waals surface area contributed by atoms with Crippen LogP contribution in [0.5, 0.6) is 0 Å². The predicted octanol–water partition coefficient (Wildman–Crippen LogP) is 2.73. The number of nitrogens with zero attached hydrogens (tertiary/aromatic N) is 4. The number of hydrogen-bond donors (Lipinski definition) is 1. The Hall–Kier alpha value is -3.55. The number of halogens is 1. The number of anilines is 1. The molecule has 3 heterocycles. The van der Waals surface area contributed by atoms with E-state index in [0.29, 0.717) is 18.8 Å². The smallest absolute Gasteiger partial charge is 0.275 e. The van der Waals surface area contributed by atoms with Crippen molar-refractivity contribution in [3.63, 3.8) is 0 Å². The first-order chi connectivity index (χ1) is 14.4. The van der Waals surface area contributed by atoms with E-state index in [-0.39, 0.29) is 17.5 Å². The number of rotatable bonds is 4. The predicted molar refractivity (Wildman–Crippen MR) is 110 cm³/mol. The van der Waals surface area contributed by atoms with E-state index in [4.69, 9.17) is 0 Å². The number of pyridine rings is 1. The van der Waals surface area contributed by atoms with Gasteiger partial charge in [-0.15, -0.1) is 0 Å². The quantitative estimate of drug-likeness (QED) is 0.721. The van der Waals surface area contributed by atoms with Crippen molar-refractivity contribution in [2.75, 3.05) is 11.9 Å². The van der Waals surface area contributed by atoms with Crippen molar-refractivity contribution in [3.8, 4) is 0 Å². The third-order valence-electron chi connectivity index (χ3n) is 5.31. The molecule has 0 spiro atoms. The second-order valence-corrected chi connectivity index (χ2v) is 7.49. The Kier molecular flexibility index (Phi) is 5.31. The van der Waals surface area contributed by atoms with E-state index >= 15 is 0 Å². The van der Waals surface area contributed by atoms with Crippen LogP contribution in [-0.4, -0.2) is 39.7 Å². The van der Waals surface area contributed by atoms with Crippen LogP contribution in [0.1, 0.15) is 40.9 Å². The minimum absolute atomic E-state index is 0.00613. The maximum Gasteiger partial charge on any atom is 0.275 e. The third-order valence-corrected chi connectivity index (χ3v) is 5.31. The monoisotopic (exact) mass is 407 g/mol. The standard InChI is InChI=1S/C22H22FN5O2/c1-14-11-18(22(30)27(2)20-16(14)9-6-10-24-20)25-21(29)19-17(23)13-28(26-19)12-15-7-4-3-5-8-15/h3-10,13-14,18H,11-12H2,1-2H3,(H,25,29)/t14?,18-/m0/s1. The molecule has 154 valence electrons. The fourth-order valence-electron chi connectivity index (χ4n) is 3.74. The van der Waals surface area contributed by atoms with Crippen LogP contribution in [0.3, 0.4) is 0 Å². The lowest BCUT2D eigenvalue weighted by Crippen LogP contribution is -2.47. The van der Waals surface area contributed by atoms with Gasteiger partial charge in [0.2, 0.25) is 5.91 Å². The number of likely N-dealkylation sites (N-methyl/N-ethyl adjacent to an activating group) is 1. The van der Waals surface area contributed by atoms with E-state index < -0.39 is 17.8 Å². The first-order valence-corrected chi connectivity index (χ1v) is 9.74. The molecule has 2 amide bonds. The summed E-state index contributed by atoms with van der Waals surface area (Å²) >= 11 is 0. The van der Waals surface area contributed by atoms with E-state index in [9.17, 15) is 14.0 Å². The normalized spacial score (nSPS) is 18.6. The third kappa shape index (κ3) is 3.80. The zero-order valence-corrected chi connectivity index (χ0v) is 16.7. The summed E-state index contributed by atoms with van der Waals surface area (Å²) in [5, 5.41) is 6.75. The van der Waals surface area contributed by atoms with Crippen molar-refractivity contribution >= 4 is 17.6 Å². The van der Waals surface area contributed by atoms with Crippen LogP contribution >= 0.6 is 0 Å². The molecule has 2 aromatic heterocycles. The average Bonchev–Trinajstić information content (AvgIpc) is 3.09.